The van der Waals surface area contributed by atoms with Crippen molar-refractivity contribution in [1.29, 1.82) is 0 Å². The van der Waals surface area contributed by atoms with Gasteiger partial charge in [-0.3, -0.25) is 0 Å². The molecule has 5 heavy (non-hydrogen) atoms. The third kappa shape index (κ3) is 0.484. The lowest BCUT2D eigenvalue weighted by atomic mass is 10.6. The highest BCUT2D eigenvalue weighted by Gasteiger charge is 1.81. The molecule has 0 aromatic heterocycles. The first-order valence-electron chi connectivity index (χ1n) is 2.23. The summed E-state index contributed by atoms with van der Waals surface area (Å²) < 4.78 is 6.90. The predicted octanol–water partition coefficient (Wildman–Crippen LogP) is 0.146. The summed E-state index contributed by atoms with van der Waals surface area (Å²) in [4.78, 5) is 0. The average Bonchev–Trinajstić information content (AvgIpc) is 1.86. The summed E-state index contributed by atoms with van der Waals surface area (Å²) in [5, 5.41) is 1.50. The molecule has 1 nitrogen and oxygen atoms in total. The summed E-state index contributed by atoms with van der Waals surface area (Å²) >= 11 is 0. The summed E-state index contributed by atoms with van der Waals surface area (Å²) in [7, 11) is 0. The topological polar surface area (TPSA) is 12.0 Å². The number of rotatable bonds is 0. The second kappa shape index (κ2) is 1.22. The minimum absolute atomic E-state index is 0.806. The maximum absolute atomic E-state index is 6.90. The molecule has 0 atom stereocenters. The monoisotopic (exact) mass is 70.1 g/mol. The van der Waals surface area contributed by atoms with E-state index in [1.165, 1.54) is 5.31 Å². The van der Waals surface area contributed by atoms with Crippen LogP contribution in [-0.2, 0) is 0 Å². The third-order valence-electron chi connectivity index (χ3n) is 0.636. The van der Waals surface area contributed by atoms with Gasteiger partial charge in [-0.25, -0.2) is 0 Å². The van der Waals surface area contributed by atoms with Crippen molar-refractivity contribution in [2.24, 2.45) is 0 Å². The Morgan fingerprint density at radius 1 is 1.60 bits per heavy atom. The van der Waals surface area contributed by atoms with Gasteiger partial charge in [0.1, 0.15) is 1.41 Å². The molecule has 0 spiro atoms. The minimum Gasteiger partial charge on any atom is -0.310 e. The van der Waals surface area contributed by atoms with E-state index < -0.39 is 0 Å². The molecule has 1 heteroatoms. The zero-order valence-electron chi connectivity index (χ0n) is 4.02. The number of hydrogen-bond donors (Lipinski definition) is 1. The fourth-order valence-electron chi connectivity index (χ4n) is 0.373. The Labute approximate surface area is 33.2 Å². The summed E-state index contributed by atoms with van der Waals surface area (Å²) in [5.41, 5.74) is 0. The molecule has 0 aromatic carbocycles. The van der Waals surface area contributed by atoms with Gasteiger partial charge in [0.25, 0.3) is 0 Å². The maximum Gasteiger partial charge on any atom is 0.123 e. The molecule has 0 saturated heterocycles. The Hall–Kier alpha value is -0.300. The van der Waals surface area contributed by atoms with Gasteiger partial charge in [0.15, 0.2) is 0 Å². The molecule has 1 rings (SSSR count). The summed E-state index contributed by atoms with van der Waals surface area (Å²) in [6, 6.07) is 0. The van der Waals surface area contributed by atoms with Gasteiger partial charge in [-0.15, -0.1) is 0 Å². The molecule has 0 radical (unpaired) electrons. The first-order chi connectivity index (χ1) is 2.89. The van der Waals surface area contributed by atoms with Gasteiger partial charge in [0, 0.05) is 13.1 Å². The van der Waals surface area contributed by atoms with E-state index in [4.69, 9.17) is 1.41 Å². The van der Waals surface area contributed by atoms with Crippen LogP contribution in [0.1, 0.15) is 0 Å². The number of hydrogen-bond acceptors (Lipinski definition) is 1. The standard InChI is InChI=1S/C4H7N/c1-2-4-5-3-1/h1-2,5H,3-4H2/i/hD. The molecule has 0 amide bonds. The lowest BCUT2D eigenvalue weighted by Crippen LogP contribution is -2.04. The van der Waals surface area contributed by atoms with E-state index in [2.05, 4.69) is 0 Å². The molecule has 0 aromatic rings. The third-order valence-corrected chi connectivity index (χ3v) is 0.636. The van der Waals surface area contributed by atoms with Crippen LogP contribution in [-0.4, -0.2) is 13.1 Å². The molecule has 0 unspecified atom stereocenters. The van der Waals surface area contributed by atoms with Crippen molar-refractivity contribution in [3.8, 4) is 0 Å². The van der Waals surface area contributed by atoms with Crippen molar-refractivity contribution in [2.45, 2.75) is 0 Å². The predicted molar refractivity (Wildman–Crippen MR) is 22.0 cm³/mol. The molecule has 1 aliphatic rings. The Morgan fingerprint density at radius 2 is 2.20 bits per heavy atom. The van der Waals surface area contributed by atoms with Crippen molar-refractivity contribution < 1.29 is 1.41 Å². The second-order valence-corrected chi connectivity index (χ2v) is 1.06. The van der Waals surface area contributed by atoms with Crippen molar-refractivity contribution in [2.75, 3.05) is 13.1 Å². The lowest BCUT2D eigenvalue weighted by Gasteiger charge is -1.77. The highest BCUT2D eigenvalue weighted by molar-refractivity contribution is 4.92. The number of nitrogens with one attached hydrogen (secondary N) is 1. The van der Waals surface area contributed by atoms with E-state index in [1.54, 1.807) is 0 Å². The van der Waals surface area contributed by atoms with Crippen LogP contribution in [0.4, 0.5) is 0 Å². The minimum atomic E-state index is 0.806. The van der Waals surface area contributed by atoms with Crippen molar-refractivity contribution in [3.05, 3.63) is 12.2 Å². The van der Waals surface area contributed by atoms with Gasteiger partial charge >= 0.3 is 0 Å². The van der Waals surface area contributed by atoms with Crippen molar-refractivity contribution in [3.63, 3.8) is 0 Å². The Balaban J connectivity index is 2.32. The maximum atomic E-state index is 6.90. The van der Waals surface area contributed by atoms with E-state index in [0.29, 0.717) is 0 Å². The van der Waals surface area contributed by atoms with E-state index in [0.717, 1.165) is 13.1 Å². The normalized spacial score (nSPS) is 27.6. The fraction of sp³-hybridized carbons (Fsp3) is 0.500. The van der Waals surface area contributed by atoms with Gasteiger partial charge in [-0.1, -0.05) is 12.2 Å². The molecule has 1 N–H and O–H groups in total. The first kappa shape index (κ1) is 1.98. The van der Waals surface area contributed by atoms with Gasteiger partial charge in [0.05, 0.1) is 0 Å². The van der Waals surface area contributed by atoms with E-state index in [9.17, 15) is 0 Å². The van der Waals surface area contributed by atoms with Crippen molar-refractivity contribution in [1.82, 2.24) is 5.31 Å². The van der Waals surface area contributed by atoms with E-state index >= 15 is 0 Å². The molecule has 0 bridgehead atoms. The van der Waals surface area contributed by atoms with E-state index in [1.807, 2.05) is 12.2 Å². The molecule has 0 fully saturated rings. The largest absolute Gasteiger partial charge is 0.310 e. The second-order valence-electron chi connectivity index (χ2n) is 1.06. The van der Waals surface area contributed by atoms with Crippen LogP contribution >= 0.6 is 0 Å². The van der Waals surface area contributed by atoms with Crippen LogP contribution in [0, 0.1) is 0 Å². The molecule has 1 aliphatic heterocycles. The molecule has 28 valence electrons. The van der Waals surface area contributed by atoms with Crippen LogP contribution in [0.15, 0.2) is 12.2 Å². The Bertz CT molecular complexity index is 61.9. The van der Waals surface area contributed by atoms with Crippen LogP contribution in [0.25, 0.3) is 0 Å². The van der Waals surface area contributed by atoms with Crippen LogP contribution < -0.4 is 5.31 Å². The Morgan fingerprint density at radius 3 is 2.40 bits per heavy atom. The summed E-state index contributed by atoms with van der Waals surface area (Å²) in [6.45, 7) is 1.61. The zero-order chi connectivity index (χ0) is 4.41. The summed E-state index contributed by atoms with van der Waals surface area (Å²) in [5.74, 6) is 0. The quantitative estimate of drug-likeness (QED) is 0.400. The van der Waals surface area contributed by atoms with E-state index in [-0.39, 0.29) is 0 Å². The zero-order valence-corrected chi connectivity index (χ0v) is 3.02. The molecular weight excluding hydrogens is 62.1 g/mol. The van der Waals surface area contributed by atoms with Gasteiger partial charge < -0.3 is 5.31 Å². The smallest absolute Gasteiger partial charge is 0.123 e. The first-order valence-corrected chi connectivity index (χ1v) is 1.78. The van der Waals surface area contributed by atoms with Crippen LogP contribution in [0.2, 0.25) is 1.41 Å². The SMILES string of the molecule is [2H]N1CC=CC1. The fourth-order valence-corrected chi connectivity index (χ4v) is 0.373. The summed E-state index contributed by atoms with van der Waals surface area (Å²) in [6.07, 6.45) is 3.99. The lowest BCUT2D eigenvalue weighted by molar-refractivity contribution is 0.892. The van der Waals surface area contributed by atoms with Crippen LogP contribution in [0.3, 0.4) is 0 Å². The molecular formula is C4H7N. The highest BCUT2D eigenvalue weighted by Crippen LogP contribution is 1.75. The molecule has 0 saturated carbocycles. The highest BCUT2D eigenvalue weighted by atomic mass is 14.9. The van der Waals surface area contributed by atoms with Gasteiger partial charge in [-0.2, -0.15) is 0 Å². The van der Waals surface area contributed by atoms with Gasteiger partial charge in [-0.05, 0) is 0 Å². The van der Waals surface area contributed by atoms with Crippen LogP contribution in [0.5, 0.6) is 0 Å². The Kier molecular flexibility index (Phi) is 0.484. The average molecular weight is 70.1 g/mol. The van der Waals surface area contributed by atoms with Gasteiger partial charge in [0.2, 0.25) is 0 Å². The van der Waals surface area contributed by atoms with Crippen molar-refractivity contribution >= 4 is 0 Å². The molecule has 0 aliphatic carbocycles. The molecule has 1 heterocycles.